The SMILES string of the molecule is Cc1ccsc1C(=O)N(C)c1ccc(S(N)(=O)=O)cc1. The molecule has 0 fully saturated rings. The summed E-state index contributed by atoms with van der Waals surface area (Å²) in [5, 5.41) is 6.89. The summed E-state index contributed by atoms with van der Waals surface area (Å²) in [7, 11) is -2.07. The lowest BCUT2D eigenvalue weighted by molar-refractivity contribution is 0.0996. The second-order valence-corrected chi connectivity index (χ2v) is 6.81. The van der Waals surface area contributed by atoms with Crippen molar-refractivity contribution in [3.63, 3.8) is 0 Å². The third kappa shape index (κ3) is 2.90. The fraction of sp³-hybridized carbons (Fsp3) is 0.154. The minimum atomic E-state index is -3.72. The van der Waals surface area contributed by atoms with Crippen LogP contribution < -0.4 is 10.0 Å². The minimum absolute atomic E-state index is 0.0226. The zero-order valence-electron chi connectivity index (χ0n) is 11.0. The van der Waals surface area contributed by atoms with E-state index in [0.29, 0.717) is 10.6 Å². The number of hydrogen-bond donors (Lipinski definition) is 1. The Labute approximate surface area is 121 Å². The van der Waals surface area contributed by atoms with Gasteiger partial charge in [0.1, 0.15) is 0 Å². The number of amides is 1. The van der Waals surface area contributed by atoms with Gasteiger partial charge >= 0.3 is 0 Å². The normalized spacial score (nSPS) is 11.3. The second kappa shape index (κ2) is 5.35. The highest BCUT2D eigenvalue weighted by Gasteiger charge is 2.17. The molecular formula is C13H14N2O3S2. The van der Waals surface area contributed by atoms with Crippen molar-refractivity contribution in [2.24, 2.45) is 5.14 Å². The van der Waals surface area contributed by atoms with Crippen molar-refractivity contribution in [3.8, 4) is 0 Å². The highest BCUT2D eigenvalue weighted by atomic mass is 32.2. The Morgan fingerprint density at radius 1 is 1.20 bits per heavy atom. The van der Waals surface area contributed by atoms with E-state index >= 15 is 0 Å². The third-order valence-electron chi connectivity index (χ3n) is 2.91. The molecule has 0 aliphatic rings. The first kappa shape index (κ1) is 14.7. The molecule has 1 aromatic carbocycles. The molecule has 5 nitrogen and oxygen atoms in total. The third-order valence-corrected chi connectivity index (χ3v) is 4.85. The Hall–Kier alpha value is -1.70. The summed E-state index contributed by atoms with van der Waals surface area (Å²) in [6.45, 7) is 1.88. The number of aryl methyl sites for hydroxylation is 1. The van der Waals surface area contributed by atoms with Gasteiger partial charge in [0.05, 0.1) is 9.77 Å². The zero-order valence-corrected chi connectivity index (χ0v) is 12.7. The van der Waals surface area contributed by atoms with Crippen LogP contribution in [0.15, 0.2) is 40.6 Å². The maximum Gasteiger partial charge on any atom is 0.268 e. The summed E-state index contributed by atoms with van der Waals surface area (Å²) in [6, 6.07) is 7.77. The molecule has 1 amide bonds. The Balaban J connectivity index is 2.28. The number of carbonyl (C=O) groups excluding carboxylic acids is 1. The summed E-state index contributed by atoms with van der Waals surface area (Å²) in [5.74, 6) is -0.124. The van der Waals surface area contributed by atoms with Gasteiger partial charge in [0.2, 0.25) is 10.0 Å². The lowest BCUT2D eigenvalue weighted by Crippen LogP contribution is -2.26. The molecule has 1 heterocycles. The summed E-state index contributed by atoms with van der Waals surface area (Å²) in [4.78, 5) is 14.5. The molecule has 0 unspecified atom stereocenters. The average Bonchev–Trinajstić information content (AvgIpc) is 2.82. The predicted molar refractivity (Wildman–Crippen MR) is 79.6 cm³/mol. The monoisotopic (exact) mass is 310 g/mol. The molecule has 0 aliphatic heterocycles. The smallest absolute Gasteiger partial charge is 0.268 e. The fourth-order valence-corrected chi connectivity index (χ4v) is 3.14. The zero-order chi connectivity index (χ0) is 14.9. The number of hydrogen-bond acceptors (Lipinski definition) is 4. The molecule has 0 radical (unpaired) electrons. The van der Waals surface area contributed by atoms with Gasteiger partial charge in [-0.15, -0.1) is 11.3 Å². The van der Waals surface area contributed by atoms with Gasteiger partial charge in [-0.25, -0.2) is 13.6 Å². The highest BCUT2D eigenvalue weighted by Crippen LogP contribution is 2.22. The summed E-state index contributed by atoms with van der Waals surface area (Å²) in [5.41, 5.74) is 1.53. The maximum absolute atomic E-state index is 12.3. The number of anilines is 1. The number of carbonyl (C=O) groups is 1. The second-order valence-electron chi connectivity index (χ2n) is 4.34. The number of sulfonamides is 1. The summed E-state index contributed by atoms with van der Waals surface area (Å²) < 4.78 is 22.4. The largest absolute Gasteiger partial charge is 0.311 e. The predicted octanol–water partition coefficient (Wildman–Crippen LogP) is 1.98. The molecule has 0 atom stereocenters. The van der Waals surface area contributed by atoms with Crippen molar-refractivity contribution in [1.29, 1.82) is 0 Å². The quantitative estimate of drug-likeness (QED) is 0.941. The number of thiophene rings is 1. The van der Waals surface area contributed by atoms with Crippen LogP contribution in [0.25, 0.3) is 0 Å². The van der Waals surface area contributed by atoms with Crippen molar-refractivity contribution in [1.82, 2.24) is 0 Å². The number of primary sulfonamides is 1. The number of nitrogens with zero attached hydrogens (tertiary/aromatic N) is 1. The van der Waals surface area contributed by atoms with E-state index in [0.717, 1.165) is 5.56 Å². The Morgan fingerprint density at radius 2 is 1.80 bits per heavy atom. The van der Waals surface area contributed by atoms with Crippen molar-refractivity contribution in [2.75, 3.05) is 11.9 Å². The van der Waals surface area contributed by atoms with Crippen LogP contribution in [-0.4, -0.2) is 21.4 Å². The molecule has 1 aromatic heterocycles. The lowest BCUT2D eigenvalue weighted by Gasteiger charge is -2.17. The maximum atomic E-state index is 12.3. The van der Waals surface area contributed by atoms with Crippen LogP contribution in [-0.2, 0) is 10.0 Å². The summed E-state index contributed by atoms with van der Waals surface area (Å²) >= 11 is 1.38. The van der Waals surface area contributed by atoms with Crippen LogP contribution in [0.2, 0.25) is 0 Å². The van der Waals surface area contributed by atoms with Gasteiger partial charge in [0.25, 0.3) is 5.91 Å². The average molecular weight is 310 g/mol. The van der Waals surface area contributed by atoms with E-state index in [1.54, 1.807) is 19.2 Å². The van der Waals surface area contributed by atoms with E-state index in [9.17, 15) is 13.2 Å². The standard InChI is InChI=1S/C13H14N2O3S2/c1-9-7-8-19-12(9)13(16)15(2)10-3-5-11(6-4-10)20(14,17)18/h3-8H,1-2H3,(H2,14,17,18). The van der Waals surface area contributed by atoms with Gasteiger partial charge in [-0.2, -0.15) is 0 Å². The van der Waals surface area contributed by atoms with E-state index < -0.39 is 10.0 Å². The fourth-order valence-electron chi connectivity index (χ4n) is 1.72. The number of benzene rings is 1. The van der Waals surface area contributed by atoms with Gasteiger partial charge in [-0.3, -0.25) is 4.79 Å². The molecule has 2 N–H and O–H groups in total. The van der Waals surface area contributed by atoms with E-state index in [1.807, 2.05) is 18.4 Å². The van der Waals surface area contributed by atoms with Crippen molar-refractivity contribution in [2.45, 2.75) is 11.8 Å². The van der Waals surface area contributed by atoms with Gasteiger partial charge in [-0.05, 0) is 48.2 Å². The van der Waals surface area contributed by atoms with Crippen molar-refractivity contribution >= 4 is 33.0 Å². The van der Waals surface area contributed by atoms with Crippen LogP contribution in [0.3, 0.4) is 0 Å². The Morgan fingerprint density at radius 3 is 2.25 bits per heavy atom. The lowest BCUT2D eigenvalue weighted by atomic mass is 10.2. The molecule has 0 spiro atoms. The van der Waals surface area contributed by atoms with E-state index in [2.05, 4.69) is 0 Å². The van der Waals surface area contributed by atoms with Crippen LogP contribution in [0, 0.1) is 6.92 Å². The van der Waals surface area contributed by atoms with Crippen LogP contribution >= 0.6 is 11.3 Å². The molecule has 0 saturated heterocycles. The molecule has 106 valence electrons. The highest BCUT2D eigenvalue weighted by molar-refractivity contribution is 7.89. The van der Waals surface area contributed by atoms with Crippen molar-refractivity contribution < 1.29 is 13.2 Å². The molecule has 2 aromatic rings. The van der Waals surface area contributed by atoms with Crippen LogP contribution in [0.5, 0.6) is 0 Å². The first-order chi connectivity index (χ1) is 9.30. The van der Waals surface area contributed by atoms with E-state index in [-0.39, 0.29) is 10.8 Å². The molecule has 0 saturated carbocycles. The molecule has 0 aliphatic carbocycles. The number of rotatable bonds is 3. The first-order valence-corrected chi connectivity index (χ1v) is 8.18. The first-order valence-electron chi connectivity index (χ1n) is 5.75. The Bertz CT molecular complexity index is 733. The van der Waals surface area contributed by atoms with Gasteiger partial charge < -0.3 is 4.90 Å². The molecule has 7 heteroatoms. The van der Waals surface area contributed by atoms with Crippen LogP contribution in [0.4, 0.5) is 5.69 Å². The molecule has 2 rings (SSSR count). The number of nitrogens with two attached hydrogens (primary N) is 1. The van der Waals surface area contributed by atoms with Crippen LogP contribution in [0.1, 0.15) is 15.2 Å². The Kier molecular flexibility index (Phi) is 3.94. The molecule has 0 bridgehead atoms. The van der Waals surface area contributed by atoms with Gasteiger partial charge in [-0.1, -0.05) is 0 Å². The summed E-state index contributed by atoms with van der Waals surface area (Å²) in [6.07, 6.45) is 0. The van der Waals surface area contributed by atoms with Gasteiger partial charge in [0, 0.05) is 12.7 Å². The minimum Gasteiger partial charge on any atom is -0.311 e. The topological polar surface area (TPSA) is 80.5 Å². The van der Waals surface area contributed by atoms with E-state index in [4.69, 9.17) is 5.14 Å². The van der Waals surface area contributed by atoms with E-state index in [1.165, 1.54) is 28.4 Å². The van der Waals surface area contributed by atoms with Crippen molar-refractivity contribution in [3.05, 3.63) is 46.2 Å². The molecular weight excluding hydrogens is 296 g/mol. The molecule has 20 heavy (non-hydrogen) atoms. The van der Waals surface area contributed by atoms with Gasteiger partial charge in [0.15, 0.2) is 0 Å².